The van der Waals surface area contributed by atoms with Gasteiger partial charge < -0.3 is 15.4 Å². The van der Waals surface area contributed by atoms with Crippen LogP contribution in [0.4, 0.5) is 0 Å². The average molecular weight is 348 g/mol. The van der Waals surface area contributed by atoms with E-state index >= 15 is 0 Å². The van der Waals surface area contributed by atoms with Gasteiger partial charge in [-0.05, 0) is 17.7 Å². The van der Waals surface area contributed by atoms with Crippen molar-refractivity contribution in [3.05, 3.63) is 59.4 Å². The lowest BCUT2D eigenvalue weighted by atomic mass is 10.2. The number of nitrogens with zero attached hydrogens (tertiary/aromatic N) is 2. The summed E-state index contributed by atoms with van der Waals surface area (Å²) in [5.74, 6) is -0.390. The van der Waals surface area contributed by atoms with Crippen molar-refractivity contribution in [3.63, 3.8) is 0 Å². The zero-order valence-corrected chi connectivity index (χ0v) is 13.8. The Morgan fingerprint density at radius 1 is 1.17 bits per heavy atom. The summed E-state index contributed by atoms with van der Waals surface area (Å²) in [6.45, 7) is 0.404. The third-order valence-electron chi connectivity index (χ3n) is 3.27. The zero-order valence-electron chi connectivity index (χ0n) is 13.0. The number of carbonyl (C=O) groups is 2. The minimum Gasteiger partial charge on any atom is -0.481 e. The minimum absolute atomic E-state index is 0.0895. The van der Waals surface area contributed by atoms with E-state index in [1.807, 2.05) is 30.3 Å². The molecule has 2 N–H and O–H groups in total. The van der Waals surface area contributed by atoms with Crippen LogP contribution in [0, 0.1) is 0 Å². The number of amides is 2. The van der Waals surface area contributed by atoms with E-state index in [0.29, 0.717) is 12.3 Å². The number of aromatic nitrogens is 1. The summed E-state index contributed by atoms with van der Waals surface area (Å²) in [5, 5.41) is 0.192. The van der Waals surface area contributed by atoms with Crippen LogP contribution in [-0.2, 0) is 16.1 Å². The summed E-state index contributed by atoms with van der Waals surface area (Å²) in [6, 6.07) is 12.8. The van der Waals surface area contributed by atoms with E-state index < -0.39 is 5.91 Å². The predicted octanol–water partition coefficient (Wildman–Crippen LogP) is 2.02. The van der Waals surface area contributed by atoms with Crippen LogP contribution < -0.4 is 10.5 Å². The van der Waals surface area contributed by atoms with Gasteiger partial charge in [-0.2, -0.15) is 0 Å². The third kappa shape index (κ3) is 5.55. The van der Waals surface area contributed by atoms with Crippen LogP contribution in [0.15, 0.2) is 48.7 Å². The monoisotopic (exact) mass is 347 g/mol. The molecule has 2 rings (SSSR count). The first-order chi connectivity index (χ1) is 11.6. The van der Waals surface area contributed by atoms with Gasteiger partial charge in [0.1, 0.15) is 0 Å². The fourth-order valence-electron chi connectivity index (χ4n) is 2.05. The number of rotatable bonds is 8. The predicted molar refractivity (Wildman–Crippen MR) is 90.4 cm³/mol. The van der Waals surface area contributed by atoms with Crippen LogP contribution in [0.5, 0.6) is 5.75 Å². The molecule has 0 fully saturated rings. The van der Waals surface area contributed by atoms with Crippen LogP contribution in [0.2, 0.25) is 5.15 Å². The van der Waals surface area contributed by atoms with Crippen molar-refractivity contribution < 1.29 is 14.3 Å². The largest absolute Gasteiger partial charge is 0.481 e. The maximum absolute atomic E-state index is 12.4. The van der Waals surface area contributed by atoms with Gasteiger partial charge in [0.2, 0.25) is 5.91 Å². The quantitative estimate of drug-likeness (QED) is 0.740. The highest BCUT2D eigenvalue weighted by Crippen LogP contribution is 2.20. The van der Waals surface area contributed by atoms with Crippen LogP contribution in [0.1, 0.15) is 12.0 Å². The Balaban J connectivity index is 2.00. The Labute approximate surface area is 145 Å². The summed E-state index contributed by atoms with van der Waals surface area (Å²) < 4.78 is 5.42. The Hall–Kier alpha value is -2.60. The molecule has 1 aromatic carbocycles. The highest BCUT2D eigenvalue weighted by atomic mass is 35.5. The number of benzene rings is 1. The van der Waals surface area contributed by atoms with Gasteiger partial charge in [-0.1, -0.05) is 41.9 Å². The molecular weight excluding hydrogens is 330 g/mol. The second kappa shape index (κ2) is 8.88. The van der Waals surface area contributed by atoms with E-state index in [0.717, 1.165) is 5.56 Å². The highest BCUT2D eigenvalue weighted by molar-refractivity contribution is 6.30. The fraction of sp³-hybridized carbons (Fsp3) is 0.235. The Kier molecular flexibility index (Phi) is 6.57. The second-order valence-electron chi connectivity index (χ2n) is 5.10. The Bertz CT molecular complexity index is 694. The molecule has 0 bridgehead atoms. The minimum atomic E-state index is -0.461. The van der Waals surface area contributed by atoms with Crippen molar-refractivity contribution in [3.8, 4) is 5.75 Å². The molecule has 0 unspecified atom stereocenters. The molecule has 2 aromatic rings. The van der Waals surface area contributed by atoms with E-state index in [1.54, 1.807) is 12.1 Å². The summed E-state index contributed by atoms with van der Waals surface area (Å²) in [6.07, 6.45) is 1.62. The number of carbonyl (C=O) groups excluding carboxylic acids is 2. The van der Waals surface area contributed by atoms with Crippen molar-refractivity contribution in [2.45, 2.75) is 13.0 Å². The SMILES string of the molecule is NC(=O)CCN(Cc1ccccc1)C(=O)COc1cccnc1Cl. The summed E-state index contributed by atoms with van der Waals surface area (Å²) in [4.78, 5) is 28.9. The Morgan fingerprint density at radius 3 is 2.58 bits per heavy atom. The lowest BCUT2D eigenvalue weighted by Gasteiger charge is -2.22. The van der Waals surface area contributed by atoms with Crippen LogP contribution in [0.3, 0.4) is 0 Å². The first-order valence-corrected chi connectivity index (χ1v) is 7.77. The molecule has 7 heteroatoms. The fourth-order valence-corrected chi connectivity index (χ4v) is 2.22. The smallest absolute Gasteiger partial charge is 0.260 e. The van der Waals surface area contributed by atoms with Crippen LogP contribution in [0.25, 0.3) is 0 Å². The van der Waals surface area contributed by atoms with Gasteiger partial charge in [-0.25, -0.2) is 4.98 Å². The molecule has 0 radical (unpaired) electrons. The number of nitrogens with two attached hydrogens (primary N) is 1. The van der Waals surface area contributed by atoms with Gasteiger partial charge in [0.15, 0.2) is 17.5 Å². The normalized spacial score (nSPS) is 10.2. The molecule has 1 aromatic heterocycles. The van der Waals surface area contributed by atoms with E-state index in [-0.39, 0.29) is 30.6 Å². The van der Waals surface area contributed by atoms with Gasteiger partial charge >= 0.3 is 0 Å². The second-order valence-corrected chi connectivity index (χ2v) is 5.46. The molecule has 126 valence electrons. The first-order valence-electron chi connectivity index (χ1n) is 7.39. The van der Waals surface area contributed by atoms with Crippen molar-refractivity contribution in [2.24, 2.45) is 5.73 Å². The van der Waals surface area contributed by atoms with Crippen molar-refractivity contribution in [2.75, 3.05) is 13.2 Å². The average Bonchev–Trinajstić information content (AvgIpc) is 2.58. The molecule has 0 aliphatic carbocycles. The maximum Gasteiger partial charge on any atom is 0.260 e. The number of hydrogen-bond donors (Lipinski definition) is 1. The molecular formula is C17H18ClN3O3. The van der Waals surface area contributed by atoms with E-state index in [2.05, 4.69) is 4.98 Å². The number of pyridine rings is 1. The lowest BCUT2D eigenvalue weighted by molar-refractivity contribution is -0.134. The summed E-state index contributed by atoms with van der Waals surface area (Å²) in [5.41, 5.74) is 6.14. The molecule has 0 saturated carbocycles. The van der Waals surface area contributed by atoms with Crippen molar-refractivity contribution in [1.82, 2.24) is 9.88 Å². The molecule has 24 heavy (non-hydrogen) atoms. The summed E-state index contributed by atoms with van der Waals surface area (Å²) in [7, 11) is 0. The molecule has 2 amide bonds. The zero-order chi connectivity index (χ0) is 17.4. The molecule has 0 aliphatic heterocycles. The highest BCUT2D eigenvalue weighted by Gasteiger charge is 2.16. The van der Waals surface area contributed by atoms with Gasteiger partial charge in [-0.15, -0.1) is 0 Å². The topological polar surface area (TPSA) is 85.5 Å². The standard InChI is InChI=1S/C17H18ClN3O3/c18-17-14(7-4-9-20-17)24-12-16(23)21(10-8-15(19)22)11-13-5-2-1-3-6-13/h1-7,9H,8,10-12H2,(H2,19,22). The van der Waals surface area contributed by atoms with E-state index in [9.17, 15) is 9.59 Å². The van der Waals surface area contributed by atoms with Crippen LogP contribution in [-0.4, -0.2) is 34.8 Å². The van der Waals surface area contributed by atoms with E-state index in [1.165, 1.54) is 11.1 Å². The molecule has 0 aliphatic rings. The lowest BCUT2D eigenvalue weighted by Crippen LogP contribution is -2.36. The molecule has 0 spiro atoms. The molecule has 6 nitrogen and oxygen atoms in total. The molecule has 0 saturated heterocycles. The van der Waals surface area contributed by atoms with Crippen LogP contribution >= 0.6 is 11.6 Å². The van der Waals surface area contributed by atoms with Gasteiger partial charge in [0, 0.05) is 25.7 Å². The van der Waals surface area contributed by atoms with Crippen molar-refractivity contribution in [1.29, 1.82) is 0 Å². The first kappa shape index (κ1) is 17.7. The maximum atomic E-state index is 12.4. The van der Waals surface area contributed by atoms with E-state index in [4.69, 9.17) is 22.1 Å². The van der Waals surface area contributed by atoms with Crippen molar-refractivity contribution >= 4 is 23.4 Å². The van der Waals surface area contributed by atoms with Gasteiger partial charge in [0.25, 0.3) is 5.91 Å². The number of primary amides is 1. The molecule has 1 heterocycles. The third-order valence-corrected chi connectivity index (χ3v) is 3.56. The summed E-state index contributed by atoms with van der Waals surface area (Å²) >= 11 is 5.90. The number of halogens is 1. The van der Waals surface area contributed by atoms with Gasteiger partial charge in [-0.3, -0.25) is 9.59 Å². The molecule has 0 atom stereocenters. The van der Waals surface area contributed by atoms with Gasteiger partial charge in [0.05, 0.1) is 0 Å². The number of ether oxygens (including phenoxy) is 1. The Morgan fingerprint density at radius 2 is 1.92 bits per heavy atom. The number of hydrogen-bond acceptors (Lipinski definition) is 4.